The van der Waals surface area contributed by atoms with E-state index >= 15 is 0 Å². The van der Waals surface area contributed by atoms with Gasteiger partial charge < -0.3 is 18.9 Å². The zero-order valence-corrected chi connectivity index (χ0v) is 10.7. The average Bonchev–Trinajstić information content (AvgIpc) is 2.93. The van der Waals surface area contributed by atoms with Crippen LogP contribution in [0.3, 0.4) is 0 Å². The number of allylic oxidation sites excluding steroid dienone is 1. The largest absolute Gasteiger partial charge is 0.381 e. The van der Waals surface area contributed by atoms with Gasteiger partial charge in [-0.05, 0) is 31.6 Å². The summed E-state index contributed by atoms with van der Waals surface area (Å²) in [6, 6.07) is 0. The first-order valence-corrected chi connectivity index (χ1v) is 6.90. The lowest BCUT2D eigenvalue weighted by atomic mass is 9.46. The lowest BCUT2D eigenvalue weighted by Crippen LogP contribution is -2.62. The molecule has 4 fully saturated rings. The highest BCUT2D eigenvalue weighted by Crippen LogP contribution is 2.71. The van der Waals surface area contributed by atoms with Gasteiger partial charge in [-0.15, -0.1) is 0 Å². The molecule has 5 rings (SSSR count). The molecule has 3 aliphatic heterocycles. The fourth-order valence-electron chi connectivity index (χ4n) is 5.07. The van der Waals surface area contributed by atoms with E-state index in [2.05, 4.69) is 12.2 Å². The molecular formula is C14H18O4. The number of hydrogen-bond donors (Lipinski definition) is 0. The van der Waals surface area contributed by atoms with Gasteiger partial charge in [0.2, 0.25) is 0 Å². The Bertz CT molecular complexity index is 445. The van der Waals surface area contributed by atoms with Gasteiger partial charge in [-0.1, -0.05) is 12.2 Å². The van der Waals surface area contributed by atoms with E-state index in [0.29, 0.717) is 17.8 Å². The molecule has 0 N–H and O–H groups in total. The summed E-state index contributed by atoms with van der Waals surface area (Å²) in [5.74, 6) is 1.28. The summed E-state index contributed by atoms with van der Waals surface area (Å²) < 4.78 is 23.8. The average molecular weight is 250 g/mol. The topological polar surface area (TPSA) is 36.9 Å². The van der Waals surface area contributed by atoms with Crippen molar-refractivity contribution in [2.24, 2.45) is 23.2 Å². The van der Waals surface area contributed by atoms with Crippen molar-refractivity contribution in [1.82, 2.24) is 0 Å². The number of rotatable bonds is 0. The first kappa shape index (κ1) is 10.4. The minimum atomic E-state index is -0.521. The van der Waals surface area contributed by atoms with Crippen LogP contribution in [0.1, 0.15) is 13.8 Å². The molecule has 0 amide bonds. The SMILES string of the molecule is CC1(C)O[C@H]2O[C@@H]3C=C[C@H]4[C@@H]5COC[C@@H]5[C@@]34[C@H]2O1. The van der Waals surface area contributed by atoms with Crippen LogP contribution in [0, 0.1) is 23.2 Å². The van der Waals surface area contributed by atoms with E-state index in [1.807, 2.05) is 13.8 Å². The predicted octanol–water partition coefficient (Wildman–Crippen LogP) is 1.31. The minimum Gasteiger partial charge on any atom is -0.381 e. The van der Waals surface area contributed by atoms with Crippen LogP contribution in [0.25, 0.3) is 0 Å². The second kappa shape index (κ2) is 2.85. The molecule has 2 aliphatic carbocycles. The molecule has 4 nitrogen and oxygen atoms in total. The van der Waals surface area contributed by atoms with Crippen molar-refractivity contribution in [1.29, 1.82) is 0 Å². The number of hydrogen-bond acceptors (Lipinski definition) is 4. The molecule has 18 heavy (non-hydrogen) atoms. The normalized spacial score (nSPS) is 62.1. The highest BCUT2D eigenvalue weighted by molar-refractivity contribution is 5.32. The lowest BCUT2D eigenvalue weighted by Gasteiger charge is -2.56. The van der Waals surface area contributed by atoms with Crippen molar-refractivity contribution < 1.29 is 18.9 Å². The monoisotopic (exact) mass is 250 g/mol. The van der Waals surface area contributed by atoms with E-state index in [0.717, 1.165) is 13.2 Å². The van der Waals surface area contributed by atoms with E-state index in [9.17, 15) is 0 Å². The Labute approximate surface area is 106 Å². The fourth-order valence-corrected chi connectivity index (χ4v) is 5.07. The molecular weight excluding hydrogens is 232 g/mol. The third kappa shape index (κ3) is 0.902. The molecule has 0 aromatic carbocycles. The zero-order chi connectivity index (χ0) is 12.1. The summed E-state index contributed by atoms with van der Waals surface area (Å²) in [7, 11) is 0. The third-order valence-corrected chi connectivity index (χ3v) is 5.62. The van der Waals surface area contributed by atoms with Gasteiger partial charge in [0.05, 0.1) is 19.3 Å². The molecule has 0 unspecified atom stereocenters. The Morgan fingerprint density at radius 3 is 2.89 bits per heavy atom. The van der Waals surface area contributed by atoms with E-state index in [4.69, 9.17) is 18.9 Å². The standard InChI is InChI=1S/C14H18O4/c1-13(2)17-11-12(18-13)16-10-4-3-8-7-5-15-6-9(7)14(8,10)11/h3-4,7-12H,5-6H2,1-2H3/t7-,8-,9-,10+,11-,12+,14+/m0/s1. The lowest BCUT2D eigenvalue weighted by molar-refractivity contribution is -0.235. The maximum absolute atomic E-state index is 6.18. The molecule has 5 aliphatic rings. The van der Waals surface area contributed by atoms with Gasteiger partial charge in [0, 0.05) is 5.41 Å². The molecule has 0 aromatic heterocycles. The van der Waals surface area contributed by atoms with E-state index in [1.54, 1.807) is 0 Å². The predicted molar refractivity (Wildman–Crippen MR) is 61.6 cm³/mol. The van der Waals surface area contributed by atoms with Crippen molar-refractivity contribution in [3.63, 3.8) is 0 Å². The Morgan fingerprint density at radius 1 is 1.11 bits per heavy atom. The molecule has 0 bridgehead atoms. The van der Waals surface area contributed by atoms with Crippen LogP contribution in [-0.4, -0.2) is 37.5 Å². The summed E-state index contributed by atoms with van der Waals surface area (Å²) in [6.45, 7) is 5.70. The Hall–Kier alpha value is -0.420. The first-order chi connectivity index (χ1) is 8.63. The highest BCUT2D eigenvalue weighted by atomic mass is 16.8. The van der Waals surface area contributed by atoms with Crippen molar-refractivity contribution in [2.75, 3.05) is 13.2 Å². The number of fused-ring (bicyclic) bond motifs is 3. The Kier molecular flexibility index (Phi) is 1.64. The van der Waals surface area contributed by atoms with Crippen molar-refractivity contribution >= 4 is 0 Å². The van der Waals surface area contributed by atoms with Crippen molar-refractivity contribution in [3.05, 3.63) is 12.2 Å². The number of ether oxygens (including phenoxy) is 4. The Morgan fingerprint density at radius 2 is 2.00 bits per heavy atom. The summed E-state index contributed by atoms with van der Waals surface area (Å²) in [4.78, 5) is 0. The third-order valence-electron chi connectivity index (χ3n) is 5.62. The second-order valence-corrected chi connectivity index (χ2v) is 6.70. The summed E-state index contributed by atoms with van der Waals surface area (Å²) in [6.07, 6.45) is 4.59. The van der Waals surface area contributed by atoms with Gasteiger partial charge in [0.1, 0.15) is 6.10 Å². The van der Waals surface area contributed by atoms with Crippen LogP contribution in [0.5, 0.6) is 0 Å². The first-order valence-electron chi connectivity index (χ1n) is 6.90. The summed E-state index contributed by atoms with van der Waals surface area (Å²) in [5.41, 5.74) is 0.0968. The second-order valence-electron chi connectivity index (χ2n) is 6.70. The molecule has 98 valence electrons. The zero-order valence-electron chi connectivity index (χ0n) is 10.7. The molecule has 3 heterocycles. The van der Waals surface area contributed by atoms with Crippen molar-refractivity contribution in [3.8, 4) is 0 Å². The van der Waals surface area contributed by atoms with E-state index < -0.39 is 5.79 Å². The van der Waals surface area contributed by atoms with Crippen LogP contribution < -0.4 is 0 Å². The summed E-state index contributed by atoms with van der Waals surface area (Å²) >= 11 is 0. The van der Waals surface area contributed by atoms with Crippen LogP contribution in [-0.2, 0) is 18.9 Å². The van der Waals surface area contributed by atoms with Gasteiger partial charge in [0.25, 0.3) is 0 Å². The molecule has 4 heteroatoms. The quantitative estimate of drug-likeness (QED) is 0.607. The molecule has 0 aromatic rings. The van der Waals surface area contributed by atoms with Gasteiger partial charge in [-0.2, -0.15) is 0 Å². The van der Waals surface area contributed by atoms with Gasteiger partial charge in [-0.25, -0.2) is 0 Å². The summed E-state index contributed by atoms with van der Waals surface area (Å²) in [5, 5.41) is 0. The minimum absolute atomic E-state index is 0.0699. The molecule has 1 spiro atoms. The smallest absolute Gasteiger partial charge is 0.188 e. The molecule has 1 saturated carbocycles. The Balaban J connectivity index is 1.59. The van der Waals surface area contributed by atoms with E-state index in [1.165, 1.54) is 0 Å². The highest BCUT2D eigenvalue weighted by Gasteiger charge is 2.78. The maximum Gasteiger partial charge on any atom is 0.188 e. The maximum atomic E-state index is 6.18. The van der Waals surface area contributed by atoms with Crippen LogP contribution >= 0.6 is 0 Å². The van der Waals surface area contributed by atoms with Crippen molar-refractivity contribution in [2.45, 2.75) is 38.1 Å². The van der Waals surface area contributed by atoms with E-state index in [-0.39, 0.29) is 23.9 Å². The van der Waals surface area contributed by atoms with Gasteiger partial charge >= 0.3 is 0 Å². The molecule has 7 atom stereocenters. The van der Waals surface area contributed by atoms with Gasteiger partial charge in [0.15, 0.2) is 12.1 Å². The molecule has 3 saturated heterocycles. The fraction of sp³-hybridized carbons (Fsp3) is 0.857. The van der Waals surface area contributed by atoms with Crippen LogP contribution in [0.15, 0.2) is 12.2 Å². The van der Waals surface area contributed by atoms with Gasteiger partial charge in [-0.3, -0.25) is 0 Å². The van der Waals surface area contributed by atoms with Crippen LogP contribution in [0.2, 0.25) is 0 Å². The van der Waals surface area contributed by atoms with Crippen LogP contribution in [0.4, 0.5) is 0 Å². The molecule has 0 radical (unpaired) electrons.